The Hall–Kier alpha value is -2.64. The van der Waals surface area contributed by atoms with E-state index >= 15 is 0 Å². The molecule has 1 aliphatic rings. The number of benzene rings is 1. The van der Waals surface area contributed by atoms with E-state index in [1.807, 2.05) is 30.3 Å². The first-order valence-electron chi connectivity index (χ1n) is 10.5. The van der Waals surface area contributed by atoms with Gasteiger partial charge >= 0.3 is 0 Å². The molecule has 7 nitrogen and oxygen atoms in total. The number of carbonyl (C=O) groups is 2. The Balaban J connectivity index is 1.66. The molecule has 30 heavy (non-hydrogen) atoms. The average molecular weight is 414 g/mol. The number of carbonyl (C=O) groups excluding carboxylic acids is 2. The van der Waals surface area contributed by atoms with Crippen LogP contribution in [0.15, 0.2) is 53.1 Å². The van der Waals surface area contributed by atoms with E-state index in [4.69, 9.17) is 9.15 Å². The third-order valence-electron chi connectivity index (χ3n) is 5.42. The first kappa shape index (κ1) is 22.1. The molecule has 162 valence electrons. The lowest BCUT2D eigenvalue weighted by molar-refractivity contribution is -0.123. The zero-order chi connectivity index (χ0) is 21.3. The lowest BCUT2D eigenvalue weighted by Crippen LogP contribution is -2.54. The molecule has 0 radical (unpaired) electrons. The summed E-state index contributed by atoms with van der Waals surface area (Å²) in [6.07, 6.45) is 1.85. The molecular formula is C23H31N3O4. The second kappa shape index (κ2) is 10.9. The average Bonchev–Trinajstić information content (AvgIpc) is 3.30. The Morgan fingerprint density at radius 1 is 1.07 bits per heavy atom. The molecule has 1 fully saturated rings. The van der Waals surface area contributed by atoms with Crippen molar-refractivity contribution in [1.29, 1.82) is 0 Å². The summed E-state index contributed by atoms with van der Waals surface area (Å²) in [5, 5.41) is 5.89. The van der Waals surface area contributed by atoms with Gasteiger partial charge in [-0.3, -0.25) is 14.5 Å². The maximum Gasteiger partial charge on any atom is 0.287 e. The van der Waals surface area contributed by atoms with E-state index in [0.717, 1.165) is 18.7 Å². The number of nitrogens with zero attached hydrogens (tertiary/aromatic N) is 1. The van der Waals surface area contributed by atoms with Crippen molar-refractivity contribution < 1.29 is 18.7 Å². The quantitative estimate of drug-likeness (QED) is 0.658. The van der Waals surface area contributed by atoms with Crippen LogP contribution in [-0.2, 0) is 16.0 Å². The number of nitrogens with one attached hydrogen (secondary N) is 2. The third kappa shape index (κ3) is 6.18. The van der Waals surface area contributed by atoms with E-state index in [0.29, 0.717) is 32.1 Å². The first-order chi connectivity index (χ1) is 14.5. The number of amides is 2. The molecule has 2 amide bonds. The van der Waals surface area contributed by atoms with Crippen molar-refractivity contribution in [2.24, 2.45) is 5.92 Å². The van der Waals surface area contributed by atoms with Gasteiger partial charge in [0.05, 0.1) is 19.5 Å². The number of rotatable bonds is 9. The van der Waals surface area contributed by atoms with Gasteiger partial charge in [-0.05, 0) is 23.6 Å². The van der Waals surface area contributed by atoms with Crippen molar-refractivity contribution in [3.63, 3.8) is 0 Å². The number of hydrogen-bond acceptors (Lipinski definition) is 5. The van der Waals surface area contributed by atoms with Gasteiger partial charge < -0.3 is 19.8 Å². The van der Waals surface area contributed by atoms with Gasteiger partial charge in [0.1, 0.15) is 6.04 Å². The summed E-state index contributed by atoms with van der Waals surface area (Å²) in [4.78, 5) is 27.9. The standard InChI is InChI=1S/C23H31N3O4/c1-17(2)20(26-10-13-29-14-11-26)16-24-22(27)19(15-18-7-4-3-5-8-18)25-23(28)21-9-6-12-30-21/h3-9,12,17,19-20H,10-11,13-16H2,1-2H3,(H,24,27)(H,25,28). The summed E-state index contributed by atoms with van der Waals surface area (Å²) in [6.45, 7) is 8.00. The zero-order valence-corrected chi connectivity index (χ0v) is 17.7. The summed E-state index contributed by atoms with van der Waals surface area (Å²) >= 11 is 0. The Bertz CT molecular complexity index is 786. The summed E-state index contributed by atoms with van der Waals surface area (Å²) in [7, 11) is 0. The number of furan rings is 1. The fraction of sp³-hybridized carbons (Fsp3) is 0.478. The van der Waals surface area contributed by atoms with E-state index in [9.17, 15) is 9.59 Å². The number of hydrogen-bond donors (Lipinski definition) is 2. The highest BCUT2D eigenvalue weighted by Crippen LogP contribution is 2.13. The Morgan fingerprint density at radius 3 is 2.43 bits per heavy atom. The molecule has 1 aromatic heterocycles. The normalized spacial score (nSPS) is 16.8. The largest absolute Gasteiger partial charge is 0.459 e. The van der Waals surface area contributed by atoms with E-state index in [1.54, 1.807) is 12.1 Å². The van der Waals surface area contributed by atoms with Gasteiger partial charge in [0.15, 0.2) is 5.76 Å². The van der Waals surface area contributed by atoms with E-state index in [2.05, 4.69) is 29.4 Å². The Morgan fingerprint density at radius 2 is 1.80 bits per heavy atom. The molecular weight excluding hydrogens is 382 g/mol. The van der Waals surface area contributed by atoms with Crippen molar-refractivity contribution >= 4 is 11.8 Å². The summed E-state index contributed by atoms with van der Waals surface area (Å²) < 4.78 is 10.6. The van der Waals surface area contributed by atoms with Gasteiger partial charge in [-0.15, -0.1) is 0 Å². The van der Waals surface area contributed by atoms with Gasteiger partial charge in [0.25, 0.3) is 5.91 Å². The van der Waals surface area contributed by atoms with Crippen molar-refractivity contribution in [2.75, 3.05) is 32.8 Å². The van der Waals surface area contributed by atoms with E-state index < -0.39 is 11.9 Å². The van der Waals surface area contributed by atoms with Crippen LogP contribution in [0.25, 0.3) is 0 Å². The summed E-state index contributed by atoms with van der Waals surface area (Å²) in [6, 6.07) is 12.4. The van der Waals surface area contributed by atoms with Crippen molar-refractivity contribution in [3.05, 3.63) is 60.1 Å². The van der Waals surface area contributed by atoms with Gasteiger partial charge in [0.2, 0.25) is 5.91 Å². The second-order valence-corrected chi connectivity index (χ2v) is 7.90. The van der Waals surface area contributed by atoms with Crippen LogP contribution in [-0.4, -0.2) is 61.6 Å². The van der Waals surface area contributed by atoms with Gasteiger partial charge in [-0.1, -0.05) is 44.2 Å². The van der Waals surface area contributed by atoms with Gasteiger partial charge in [-0.25, -0.2) is 0 Å². The maximum absolute atomic E-state index is 13.1. The topological polar surface area (TPSA) is 83.8 Å². The van der Waals surface area contributed by atoms with Crippen LogP contribution in [0.2, 0.25) is 0 Å². The molecule has 1 saturated heterocycles. The third-order valence-corrected chi connectivity index (χ3v) is 5.42. The minimum absolute atomic E-state index is 0.189. The van der Waals surface area contributed by atoms with E-state index in [-0.39, 0.29) is 17.7 Å². The molecule has 3 rings (SSSR count). The SMILES string of the molecule is CC(C)C(CNC(=O)C(Cc1ccccc1)NC(=O)c1ccco1)N1CCOCC1. The van der Waals surface area contributed by atoms with Gasteiger partial charge in [0, 0.05) is 32.1 Å². The molecule has 7 heteroatoms. The Kier molecular flexibility index (Phi) is 8.04. The Labute approximate surface area is 177 Å². The molecule has 0 spiro atoms. The lowest BCUT2D eigenvalue weighted by atomic mass is 10.0. The van der Waals surface area contributed by atoms with Crippen LogP contribution >= 0.6 is 0 Å². The lowest BCUT2D eigenvalue weighted by Gasteiger charge is -2.37. The number of morpholine rings is 1. The molecule has 2 atom stereocenters. The number of ether oxygens (including phenoxy) is 1. The molecule has 1 aliphatic heterocycles. The molecule has 1 aromatic carbocycles. The fourth-order valence-corrected chi connectivity index (χ4v) is 3.72. The summed E-state index contributed by atoms with van der Waals surface area (Å²) in [5.41, 5.74) is 0.978. The molecule has 0 saturated carbocycles. The zero-order valence-electron chi connectivity index (χ0n) is 17.7. The van der Waals surface area contributed by atoms with Crippen LogP contribution in [0.3, 0.4) is 0 Å². The van der Waals surface area contributed by atoms with Crippen LogP contribution in [0.1, 0.15) is 30.0 Å². The predicted octanol–water partition coefficient (Wildman–Crippen LogP) is 2.09. The van der Waals surface area contributed by atoms with E-state index in [1.165, 1.54) is 6.26 Å². The smallest absolute Gasteiger partial charge is 0.287 e. The minimum atomic E-state index is -0.692. The highest BCUT2D eigenvalue weighted by Gasteiger charge is 2.27. The highest BCUT2D eigenvalue weighted by atomic mass is 16.5. The summed E-state index contributed by atoms with van der Waals surface area (Å²) in [5.74, 6) is -0.0229. The molecule has 0 aliphatic carbocycles. The predicted molar refractivity (Wildman–Crippen MR) is 114 cm³/mol. The molecule has 2 aromatic rings. The molecule has 2 heterocycles. The maximum atomic E-state index is 13.1. The molecule has 0 bridgehead atoms. The molecule has 2 N–H and O–H groups in total. The van der Waals surface area contributed by atoms with Crippen molar-refractivity contribution in [3.8, 4) is 0 Å². The molecule has 2 unspecified atom stereocenters. The first-order valence-corrected chi connectivity index (χ1v) is 10.5. The fourth-order valence-electron chi connectivity index (χ4n) is 3.72. The van der Waals surface area contributed by atoms with Gasteiger partial charge in [-0.2, -0.15) is 0 Å². The monoisotopic (exact) mass is 413 g/mol. The van der Waals surface area contributed by atoms with Crippen LogP contribution in [0, 0.1) is 5.92 Å². The van der Waals surface area contributed by atoms with Crippen LogP contribution in [0.5, 0.6) is 0 Å². The minimum Gasteiger partial charge on any atom is -0.459 e. The van der Waals surface area contributed by atoms with Crippen LogP contribution < -0.4 is 10.6 Å². The van der Waals surface area contributed by atoms with Crippen molar-refractivity contribution in [1.82, 2.24) is 15.5 Å². The van der Waals surface area contributed by atoms with Crippen LogP contribution in [0.4, 0.5) is 0 Å². The second-order valence-electron chi connectivity index (χ2n) is 7.90. The van der Waals surface area contributed by atoms with Crippen molar-refractivity contribution in [2.45, 2.75) is 32.4 Å². The highest BCUT2D eigenvalue weighted by molar-refractivity contribution is 5.95.